The first-order valence-corrected chi connectivity index (χ1v) is 11.3. The normalized spacial score (nSPS) is 55.0. The largest absolute Gasteiger partial charge is 0.375 e. The van der Waals surface area contributed by atoms with Gasteiger partial charge in [0.1, 0.15) is 12.4 Å². The van der Waals surface area contributed by atoms with E-state index >= 15 is 0 Å². The minimum Gasteiger partial charge on any atom is -0.375 e. The van der Waals surface area contributed by atoms with Gasteiger partial charge in [0.05, 0.1) is 37.9 Å². The average molecular weight is 389 g/mol. The van der Waals surface area contributed by atoms with Crippen LogP contribution in [-0.4, -0.2) is 50.7 Å². The average Bonchev–Trinajstić information content (AvgIpc) is 3.06. The standard InChI is InChI=1S/C23H32O5/c1-21-7-6-18-16-3-2-15-12-23(27-10-8-25-19(21)5-4-17(16)21)20(26-9-11-28-23)13-22(15,18)14-24/h2,14,16-20H,3-13H2,1H3/t16-,17+,18?,19?,20?,21-,22+,23?/m0/s1. The van der Waals surface area contributed by atoms with E-state index in [0.29, 0.717) is 63.1 Å². The molecule has 3 saturated carbocycles. The second-order valence-electron chi connectivity index (χ2n) is 10.2. The predicted molar refractivity (Wildman–Crippen MR) is 102 cm³/mol. The third kappa shape index (κ3) is 2.19. The molecule has 4 unspecified atom stereocenters. The number of carbonyl (C=O) groups excluding carboxylic acids is 1. The Hall–Kier alpha value is -0.750. The summed E-state index contributed by atoms with van der Waals surface area (Å²) in [5.74, 6) is 0.913. The van der Waals surface area contributed by atoms with Crippen LogP contribution in [0.15, 0.2) is 11.6 Å². The monoisotopic (exact) mass is 388 g/mol. The highest BCUT2D eigenvalue weighted by molar-refractivity contribution is 5.68. The Morgan fingerprint density at radius 1 is 1.00 bits per heavy atom. The Morgan fingerprint density at radius 3 is 2.57 bits per heavy atom. The van der Waals surface area contributed by atoms with Crippen molar-refractivity contribution in [2.75, 3.05) is 26.4 Å². The van der Waals surface area contributed by atoms with Gasteiger partial charge in [0.25, 0.3) is 0 Å². The fourth-order valence-corrected chi connectivity index (χ4v) is 8.09. The number of allylic oxidation sites excluding steroid dienone is 1. The quantitative estimate of drug-likeness (QED) is 0.510. The lowest BCUT2D eigenvalue weighted by Gasteiger charge is -2.59. The number of aldehydes is 1. The fraction of sp³-hybridized carbons (Fsp3) is 0.870. The third-order valence-electron chi connectivity index (χ3n) is 9.40. The lowest BCUT2D eigenvalue weighted by molar-refractivity contribution is -0.339. The predicted octanol–water partition coefficient (Wildman–Crippen LogP) is 3.27. The maximum Gasteiger partial charge on any atom is 0.198 e. The molecular weight excluding hydrogens is 356 g/mol. The van der Waals surface area contributed by atoms with Crippen LogP contribution in [0.4, 0.5) is 0 Å². The summed E-state index contributed by atoms with van der Waals surface area (Å²) in [5, 5.41) is 0. The van der Waals surface area contributed by atoms with Crippen LogP contribution in [0.25, 0.3) is 0 Å². The highest BCUT2D eigenvalue weighted by Crippen LogP contribution is 2.66. The van der Waals surface area contributed by atoms with Crippen LogP contribution in [0, 0.1) is 28.6 Å². The highest BCUT2D eigenvalue weighted by atomic mass is 16.7. The van der Waals surface area contributed by atoms with Crippen molar-refractivity contribution in [2.24, 2.45) is 28.6 Å². The molecule has 5 heteroatoms. The molecule has 1 spiro atoms. The summed E-state index contributed by atoms with van der Waals surface area (Å²) in [6.07, 6.45) is 10.9. The van der Waals surface area contributed by atoms with Gasteiger partial charge in [0.15, 0.2) is 5.79 Å². The van der Waals surface area contributed by atoms with Gasteiger partial charge in [-0.15, -0.1) is 0 Å². The molecule has 3 saturated heterocycles. The van der Waals surface area contributed by atoms with E-state index in [1.165, 1.54) is 24.7 Å². The van der Waals surface area contributed by atoms with Gasteiger partial charge in [-0.3, -0.25) is 0 Å². The van der Waals surface area contributed by atoms with Crippen LogP contribution in [0.3, 0.4) is 0 Å². The van der Waals surface area contributed by atoms with Crippen molar-refractivity contribution in [1.82, 2.24) is 0 Å². The summed E-state index contributed by atoms with van der Waals surface area (Å²) in [5.41, 5.74) is 1.10. The van der Waals surface area contributed by atoms with Gasteiger partial charge < -0.3 is 23.7 Å². The Balaban J connectivity index is 1.49. The zero-order valence-electron chi connectivity index (χ0n) is 16.9. The molecule has 0 aromatic heterocycles. The molecular formula is C23H32O5. The van der Waals surface area contributed by atoms with Crippen molar-refractivity contribution < 1.29 is 23.7 Å². The lowest BCUT2D eigenvalue weighted by Crippen LogP contribution is -2.62. The molecule has 8 aliphatic rings. The van der Waals surface area contributed by atoms with Crippen molar-refractivity contribution in [3.8, 4) is 0 Å². The Kier molecular flexibility index (Phi) is 3.95. The van der Waals surface area contributed by atoms with E-state index in [-0.39, 0.29) is 11.5 Å². The fourth-order valence-electron chi connectivity index (χ4n) is 8.09. The molecule has 8 bridgehead atoms. The van der Waals surface area contributed by atoms with Crippen molar-refractivity contribution >= 4 is 6.29 Å². The molecule has 8 atom stereocenters. The van der Waals surface area contributed by atoms with Crippen LogP contribution in [0.5, 0.6) is 0 Å². The summed E-state index contributed by atoms with van der Waals surface area (Å²) in [4.78, 5) is 12.8. The zero-order chi connectivity index (χ0) is 19.0. The molecule has 4 aliphatic heterocycles. The summed E-state index contributed by atoms with van der Waals surface area (Å²) in [6, 6.07) is 0. The molecule has 4 aliphatic carbocycles. The van der Waals surface area contributed by atoms with Gasteiger partial charge in [-0.1, -0.05) is 18.6 Å². The smallest absolute Gasteiger partial charge is 0.198 e. The molecule has 0 aromatic carbocycles. The van der Waals surface area contributed by atoms with Gasteiger partial charge in [-0.05, 0) is 61.7 Å². The number of fused-ring (bicyclic) bond motifs is 1. The number of hydrogen-bond donors (Lipinski definition) is 0. The number of ether oxygens (including phenoxy) is 4. The topological polar surface area (TPSA) is 54.0 Å². The number of rotatable bonds is 1. The van der Waals surface area contributed by atoms with Crippen LogP contribution >= 0.6 is 0 Å². The van der Waals surface area contributed by atoms with Gasteiger partial charge >= 0.3 is 0 Å². The van der Waals surface area contributed by atoms with Gasteiger partial charge in [0.2, 0.25) is 0 Å². The third-order valence-corrected chi connectivity index (χ3v) is 9.40. The van der Waals surface area contributed by atoms with E-state index in [1.807, 2.05) is 0 Å². The summed E-state index contributed by atoms with van der Waals surface area (Å²) < 4.78 is 25.2. The molecule has 8 rings (SSSR count). The maximum absolute atomic E-state index is 12.8. The van der Waals surface area contributed by atoms with Gasteiger partial charge in [0, 0.05) is 6.42 Å². The van der Waals surface area contributed by atoms with E-state index in [4.69, 9.17) is 18.9 Å². The maximum atomic E-state index is 12.8. The molecule has 0 N–H and O–H groups in total. The first-order valence-electron chi connectivity index (χ1n) is 11.3. The van der Waals surface area contributed by atoms with E-state index in [9.17, 15) is 4.79 Å². The van der Waals surface area contributed by atoms with Crippen LogP contribution in [0.1, 0.15) is 51.9 Å². The van der Waals surface area contributed by atoms with E-state index in [1.54, 1.807) is 0 Å². The first-order chi connectivity index (χ1) is 13.6. The molecule has 154 valence electrons. The van der Waals surface area contributed by atoms with E-state index in [2.05, 4.69) is 13.0 Å². The number of carbonyl (C=O) groups is 1. The van der Waals surface area contributed by atoms with E-state index in [0.717, 1.165) is 19.3 Å². The second kappa shape index (κ2) is 6.13. The second-order valence-corrected chi connectivity index (χ2v) is 10.2. The first kappa shape index (κ1) is 18.1. The van der Waals surface area contributed by atoms with Crippen molar-refractivity contribution in [1.29, 1.82) is 0 Å². The molecule has 6 fully saturated rings. The lowest BCUT2D eigenvalue weighted by atomic mass is 9.47. The van der Waals surface area contributed by atoms with E-state index < -0.39 is 11.2 Å². The van der Waals surface area contributed by atoms with Crippen LogP contribution in [-0.2, 0) is 23.7 Å². The molecule has 0 amide bonds. The Morgan fingerprint density at radius 2 is 1.79 bits per heavy atom. The van der Waals surface area contributed by atoms with Gasteiger partial charge in [-0.25, -0.2) is 0 Å². The highest BCUT2D eigenvalue weighted by Gasteiger charge is 2.64. The summed E-state index contributed by atoms with van der Waals surface area (Å²) in [7, 11) is 0. The Labute approximate surface area is 167 Å². The minimum atomic E-state index is -0.748. The SMILES string of the molecule is C[C@@]12CCC3[C@H]4CC=C5CC6(OCCOC6C[C@@]53C=O)OCCOC1CC[C@H]42. The zero-order valence-corrected chi connectivity index (χ0v) is 16.9. The van der Waals surface area contributed by atoms with Crippen LogP contribution < -0.4 is 0 Å². The van der Waals surface area contributed by atoms with Crippen molar-refractivity contribution in [3.05, 3.63) is 11.6 Å². The molecule has 0 aromatic rings. The Bertz CT molecular complexity index is 705. The number of hydrogen-bond acceptors (Lipinski definition) is 5. The summed E-state index contributed by atoms with van der Waals surface area (Å²) in [6.45, 7) is 4.70. The minimum absolute atomic E-state index is 0.173. The molecule has 28 heavy (non-hydrogen) atoms. The van der Waals surface area contributed by atoms with Crippen molar-refractivity contribution in [2.45, 2.75) is 69.9 Å². The van der Waals surface area contributed by atoms with Gasteiger partial charge in [-0.2, -0.15) is 0 Å². The molecule has 0 radical (unpaired) electrons. The molecule has 5 nitrogen and oxygen atoms in total. The van der Waals surface area contributed by atoms with Crippen LogP contribution in [0.2, 0.25) is 0 Å². The molecule has 4 heterocycles. The van der Waals surface area contributed by atoms with Crippen molar-refractivity contribution in [3.63, 3.8) is 0 Å². The summed E-state index contributed by atoms with van der Waals surface area (Å²) >= 11 is 0.